The summed E-state index contributed by atoms with van der Waals surface area (Å²) >= 11 is 5.89. The number of amides is 2. The van der Waals surface area contributed by atoms with Crippen molar-refractivity contribution in [2.75, 3.05) is 11.4 Å². The van der Waals surface area contributed by atoms with Crippen LogP contribution in [0.4, 0.5) is 5.69 Å². The molecular weight excluding hydrogens is 340 g/mol. The minimum absolute atomic E-state index is 0.00831. The summed E-state index contributed by atoms with van der Waals surface area (Å²) in [7, 11) is 0. The normalized spacial score (nSPS) is 17.2. The van der Waals surface area contributed by atoms with E-state index in [1.807, 2.05) is 23.7 Å². The predicted octanol–water partition coefficient (Wildman–Crippen LogP) is 2.79. The first kappa shape index (κ1) is 17.5. The zero-order valence-corrected chi connectivity index (χ0v) is 15.1. The van der Waals surface area contributed by atoms with Crippen LogP contribution in [-0.2, 0) is 11.3 Å². The molecule has 0 bridgehead atoms. The lowest BCUT2D eigenvalue weighted by Gasteiger charge is -2.17. The molecule has 1 atom stereocenters. The van der Waals surface area contributed by atoms with Crippen LogP contribution in [0.25, 0.3) is 0 Å². The first-order valence-corrected chi connectivity index (χ1v) is 8.76. The van der Waals surface area contributed by atoms with Gasteiger partial charge in [0.05, 0.1) is 17.8 Å². The highest BCUT2D eigenvalue weighted by atomic mass is 35.5. The lowest BCUT2D eigenvalue weighted by molar-refractivity contribution is -0.117. The van der Waals surface area contributed by atoms with Gasteiger partial charge in [-0.05, 0) is 37.6 Å². The van der Waals surface area contributed by atoms with Crippen molar-refractivity contribution >= 4 is 29.1 Å². The van der Waals surface area contributed by atoms with Gasteiger partial charge in [0.2, 0.25) is 5.91 Å². The second kappa shape index (κ2) is 7.27. The zero-order valence-electron chi connectivity index (χ0n) is 14.3. The van der Waals surface area contributed by atoms with Crippen molar-refractivity contribution in [2.45, 2.75) is 39.3 Å². The van der Waals surface area contributed by atoms with Crippen LogP contribution in [0.5, 0.6) is 0 Å². The molecular formula is C18H21ClN4O2. The van der Waals surface area contributed by atoms with E-state index in [9.17, 15) is 9.59 Å². The second-order valence-electron chi connectivity index (χ2n) is 6.22. The molecule has 1 aliphatic rings. The molecule has 0 aliphatic carbocycles. The molecule has 0 radical (unpaired) electrons. The smallest absolute Gasteiger partial charge is 0.255 e. The van der Waals surface area contributed by atoms with Crippen LogP contribution in [0, 0.1) is 6.92 Å². The topological polar surface area (TPSA) is 67.2 Å². The van der Waals surface area contributed by atoms with Gasteiger partial charge in [-0.2, -0.15) is 5.10 Å². The van der Waals surface area contributed by atoms with Crippen molar-refractivity contribution in [1.29, 1.82) is 0 Å². The number of nitrogens with one attached hydrogen (secondary N) is 1. The summed E-state index contributed by atoms with van der Waals surface area (Å²) in [6.07, 6.45) is 2.83. The van der Waals surface area contributed by atoms with Crippen molar-refractivity contribution < 1.29 is 9.59 Å². The second-order valence-corrected chi connectivity index (χ2v) is 6.66. The number of rotatable bonds is 5. The number of carbonyl (C=O) groups excluding carboxylic acids is 2. The number of hydrogen-bond acceptors (Lipinski definition) is 3. The fourth-order valence-corrected chi connectivity index (χ4v) is 3.17. The Hall–Kier alpha value is -2.34. The van der Waals surface area contributed by atoms with Gasteiger partial charge < -0.3 is 10.2 Å². The SMILES string of the molecule is CCCn1ncc(C(=O)N[C@H]2CC(=O)N(c3ccc(Cl)cc3)C2)c1C. The van der Waals surface area contributed by atoms with E-state index in [4.69, 9.17) is 11.6 Å². The number of hydrogen-bond donors (Lipinski definition) is 1. The van der Waals surface area contributed by atoms with Gasteiger partial charge in [0.15, 0.2) is 0 Å². The first-order chi connectivity index (χ1) is 12.0. The first-order valence-electron chi connectivity index (χ1n) is 8.38. The van der Waals surface area contributed by atoms with Crippen molar-refractivity contribution in [3.8, 4) is 0 Å². The number of anilines is 1. The van der Waals surface area contributed by atoms with E-state index in [2.05, 4.69) is 17.3 Å². The predicted molar refractivity (Wildman–Crippen MR) is 96.9 cm³/mol. The maximum Gasteiger partial charge on any atom is 0.255 e. The summed E-state index contributed by atoms with van der Waals surface area (Å²) in [6, 6.07) is 6.90. The summed E-state index contributed by atoms with van der Waals surface area (Å²) in [6.45, 7) is 5.19. The Labute approximate surface area is 151 Å². The lowest BCUT2D eigenvalue weighted by Crippen LogP contribution is -2.37. The summed E-state index contributed by atoms with van der Waals surface area (Å²) in [5.74, 6) is -0.193. The van der Waals surface area contributed by atoms with E-state index in [-0.39, 0.29) is 24.3 Å². The van der Waals surface area contributed by atoms with Crippen molar-refractivity contribution in [3.63, 3.8) is 0 Å². The highest BCUT2D eigenvalue weighted by Crippen LogP contribution is 2.23. The largest absolute Gasteiger partial charge is 0.347 e. The Bertz CT molecular complexity index is 785. The maximum absolute atomic E-state index is 12.5. The minimum atomic E-state index is -0.218. The van der Waals surface area contributed by atoms with Crippen LogP contribution in [0.3, 0.4) is 0 Å². The van der Waals surface area contributed by atoms with Gasteiger partial charge in [0.25, 0.3) is 5.91 Å². The fraction of sp³-hybridized carbons (Fsp3) is 0.389. The molecule has 0 saturated carbocycles. The van der Waals surface area contributed by atoms with Crippen molar-refractivity contribution in [3.05, 3.63) is 46.7 Å². The van der Waals surface area contributed by atoms with Crippen LogP contribution in [-0.4, -0.2) is 34.2 Å². The Balaban J connectivity index is 1.67. The third-order valence-corrected chi connectivity index (χ3v) is 4.63. The van der Waals surface area contributed by atoms with Crippen LogP contribution < -0.4 is 10.2 Å². The molecule has 2 heterocycles. The number of carbonyl (C=O) groups is 2. The van der Waals surface area contributed by atoms with E-state index in [1.165, 1.54) is 0 Å². The average molecular weight is 361 g/mol. The number of aryl methyl sites for hydroxylation is 1. The molecule has 0 spiro atoms. The van der Waals surface area contributed by atoms with Gasteiger partial charge in [-0.15, -0.1) is 0 Å². The monoisotopic (exact) mass is 360 g/mol. The van der Waals surface area contributed by atoms with Gasteiger partial charge in [-0.25, -0.2) is 0 Å². The number of halogens is 1. The highest BCUT2D eigenvalue weighted by molar-refractivity contribution is 6.30. The standard InChI is InChI=1S/C18H21ClN4O2/c1-3-8-23-12(2)16(10-20-23)18(25)21-14-9-17(24)22(11-14)15-6-4-13(19)5-7-15/h4-7,10,14H,3,8-9,11H2,1-2H3,(H,21,25)/t14-/m0/s1. The lowest BCUT2D eigenvalue weighted by atomic mass is 10.2. The Morgan fingerprint density at radius 1 is 1.36 bits per heavy atom. The van der Waals surface area contributed by atoms with E-state index in [0.29, 0.717) is 17.1 Å². The molecule has 1 N–H and O–H groups in total. The van der Waals surface area contributed by atoms with Crippen molar-refractivity contribution in [2.24, 2.45) is 0 Å². The molecule has 25 heavy (non-hydrogen) atoms. The van der Waals surface area contributed by atoms with Crippen LogP contribution in [0.2, 0.25) is 5.02 Å². The molecule has 7 heteroatoms. The number of nitrogens with zero attached hydrogens (tertiary/aromatic N) is 3. The molecule has 2 amide bonds. The van der Waals surface area contributed by atoms with Gasteiger partial charge in [-0.3, -0.25) is 14.3 Å². The van der Waals surface area contributed by atoms with E-state index in [0.717, 1.165) is 24.3 Å². The van der Waals surface area contributed by atoms with Gasteiger partial charge in [-0.1, -0.05) is 18.5 Å². The third kappa shape index (κ3) is 3.69. The molecule has 132 valence electrons. The van der Waals surface area contributed by atoms with E-state index < -0.39 is 0 Å². The summed E-state index contributed by atoms with van der Waals surface area (Å²) in [5, 5.41) is 7.83. The molecule has 2 aromatic rings. The third-order valence-electron chi connectivity index (χ3n) is 4.38. The molecule has 0 unspecified atom stereocenters. The molecule has 1 saturated heterocycles. The summed E-state index contributed by atoms with van der Waals surface area (Å²) in [5.41, 5.74) is 2.20. The van der Waals surface area contributed by atoms with Crippen LogP contribution >= 0.6 is 11.6 Å². The molecule has 1 fully saturated rings. The molecule has 1 aromatic heterocycles. The minimum Gasteiger partial charge on any atom is -0.347 e. The van der Waals surface area contributed by atoms with Gasteiger partial charge >= 0.3 is 0 Å². The average Bonchev–Trinajstić information content (AvgIpc) is 3.12. The number of benzene rings is 1. The van der Waals surface area contributed by atoms with Gasteiger partial charge in [0.1, 0.15) is 0 Å². The molecule has 3 rings (SSSR count). The van der Waals surface area contributed by atoms with E-state index >= 15 is 0 Å². The Kier molecular flexibility index (Phi) is 5.08. The fourth-order valence-electron chi connectivity index (χ4n) is 3.04. The van der Waals surface area contributed by atoms with Gasteiger partial charge in [0, 0.05) is 35.9 Å². The highest BCUT2D eigenvalue weighted by Gasteiger charge is 2.32. The zero-order chi connectivity index (χ0) is 18.0. The Morgan fingerprint density at radius 2 is 2.08 bits per heavy atom. The maximum atomic E-state index is 12.5. The number of aromatic nitrogens is 2. The quantitative estimate of drug-likeness (QED) is 0.891. The molecule has 1 aromatic carbocycles. The van der Waals surface area contributed by atoms with E-state index in [1.54, 1.807) is 23.2 Å². The van der Waals surface area contributed by atoms with Crippen molar-refractivity contribution in [1.82, 2.24) is 15.1 Å². The Morgan fingerprint density at radius 3 is 2.76 bits per heavy atom. The van der Waals surface area contributed by atoms with Crippen LogP contribution in [0.15, 0.2) is 30.5 Å². The molecule has 6 nitrogen and oxygen atoms in total. The molecule has 1 aliphatic heterocycles. The summed E-state index contributed by atoms with van der Waals surface area (Å²) in [4.78, 5) is 26.5. The van der Waals surface area contributed by atoms with Crippen LogP contribution in [0.1, 0.15) is 35.8 Å². The summed E-state index contributed by atoms with van der Waals surface area (Å²) < 4.78 is 1.83.